The number of halogens is 1. The van der Waals surface area contributed by atoms with E-state index < -0.39 is 11.9 Å². The van der Waals surface area contributed by atoms with Crippen LogP contribution >= 0.6 is 11.8 Å². The number of amides is 1. The molecule has 6 nitrogen and oxygen atoms in total. The van der Waals surface area contributed by atoms with Crippen LogP contribution in [0.15, 0.2) is 39.4 Å². The van der Waals surface area contributed by atoms with E-state index in [1.54, 1.807) is 25.1 Å². The number of nitrogens with one attached hydrogen (secondary N) is 1. The molecule has 2 rings (SSSR count). The molecule has 0 bridgehead atoms. The normalized spacial score (nSPS) is 18.2. The molecule has 1 N–H and O–H groups in total. The zero-order valence-electron chi connectivity index (χ0n) is 11.8. The number of carbonyl (C=O) groups excluding carboxylic acids is 2. The van der Waals surface area contributed by atoms with Crippen LogP contribution in [0.3, 0.4) is 0 Å². The molecule has 114 valence electrons. The van der Waals surface area contributed by atoms with Crippen molar-refractivity contribution >= 4 is 35.0 Å². The van der Waals surface area contributed by atoms with Crippen molar-refractivity contribution in [1.29, 1.82) is 0 Å². The quantitative estimate of drug-likeness (QED) is 0.398. The molecule has 8 heteroatoms. The van der Waals surface area contributed by atoms with Gasteiger partial charge in [-0.15, -0.1) is 5.10 Å². The number of benzene rings is 1. The Hall–Kier alpha value is -2.48. The van der Waals surface area contributed by atoms with Crippen LogP contribution in [-0.2, 0) is 14.3 Å². The minimum atomic E-state index is -0.635. The highest BCUT2D eigenvalue weighted by Gasteiger charge is 2.24. The van der Waals surface area contributed by atoms with Crippen LogP contribution in [0.5, 0.6) is 0 Å². The number of rotatable bonds is 3. The third kappa shape index (κ3) is 3.79. The summed E-state index contributed by atoms with van der Waals surface area (Å²) in [6, 6.07) is 4.92. The molecule has 1 heterocycles. The number of methoxy groups -OCH3 is 1. The maximum atomic E-state index is 13.7. The number of aryl methyl sites for hydroxylation is 1. The average Bonchev–Trinajstić information content (AvgIpc) is 2.83. The van der Waals surface area contributed by atoms with Crippen molar-refractivity contribution in [2.75, 3.05) is 7.11 Å². The number of thioether (sulfide) groups is 1. The number of amidine groups is 1. The van der Waals surface area contributed by atoms with Crippen molar-refractivity contribution in [3.8, 4) is 0 Å². The van der Waals surface area contributed by atoms with Crippen LogP contribution in [0.2, 0.25) is 0 Å². The summed E-state index contributed by atoms with van der Waals surface area (Å²) in [5, 5.41) is 10.2. The number of carbonyl (C=O) groups is 2. The molecule has 1 aliphatic rings. The van der Waals surface area contributed by atoms with E-state index in [0.29, 0.717) is 11.1 Å². The molecule has 1 aromatic carbocycles. The van der Waals surface area contributed by atoms with E-state index >= 15 is 0 Å². The predicted octanol–water partition coefficient (Wildman–Crippen LogP) is 1.74. The summed E-state index contributed by atoms with van der Waals surface area (Å²) < 4.78 is 18.2. The van der Waals surface area contributed by atoms with E-state index in [1.807, 2.05) is 0 Å². The van der Waals surface area contributed by atoms with E-state index in [9.17, 15) is 14.0 Å². The molecule has 1 saturated heterocycles. The van der Waals surface area contributed by atoms with Gasteiger partial charge in [-0.1, -0.05) is 18.2 Å². The van der Waals surface area contributed by atoms with Gasteiger partial charge < -0.3 is 4.74 Å². The predicted molar refractivity (Wildman–Crippen MR) is 82.0 cm³/mol. The molecule has 0 aromatic heterocycles. The summed E-state index contributed by atoms with van der Waals surface area (Å²) in [6.45, 7) is 1.65. The molecule has 0 unspecified atom stereocenters. The second-order valence-electron chi connectivity index (χ2n) is 4.22. The first-order valence-electron chi connectivity index (χ1n) is 6.16. The monoisotopic (exact) mass is 321 g/mol. The van der Waals surface area contributed by atoms with Gasteiger partial charge in [-0.25, -0.2) is 9.18 Å². The lowest BCUT2D eigenvalue weighted by Crippen LogP contribution is -2.19. The van der Waals surface area contributed by atoms with Gasteiger partial charge in [-0.3, -0.25) is 10.1 Å². The highest BCUT2D eigenvalue weighted by atomic mass is 32.2. The lowest BCUT2D eigenvalue weighted by atomic mass is 10.1. The maximum absolute atomic E-state index is 13.7. The molecule has 22 heavy (non-hydrogen) atoms. The lowest BCUT2D eigenvalue weighted by molar-refractivity contribution is -0.135. The van der Waals surface area contributed by atoms with Gasteiger partial charge in [-0.05, 0) is 24.2 Å². The summed E-state index contributed by atoms with van der Waals surface area (Å²) in [7, 11) is 1.21. The minimum Gasteiger partial charge on any atom is -0.466 e. The van der Waals surface area contributed by atoms with Crippen LogP contribution in [0.1, 0.15) is 11.1 Å². The highest BCUT2D eigenvalue weighted by Crippen LogP contribution is 2.23. The van der Waals surface area contributed by atoms with E-state index in [1.165, 1.54) is 13.3 Å². The van der Waals surface area contributed by atoms with Gasteiger partial charge in [0.05, 0.1) is 18.2 Å². The Bertz CT molecular complexity index is 713. The summed E-state index contributed by atoms with van der Waals surface area (Å²) >= 11 is 0.947. The zero-order valence-corrected chi connectivity index (χ0v) is 12.6. The standard InChI is InChI=1S/C14H12FN3O3S/c1-8-4-3-5-9(12(8)15)7-16-18-14-17-13(20)10(22-14)6-11(19)21-2/h3-7H,1-2H3,(H,17,18,20)/b10-6+,16-7?. The summed E-state index contributed by atoms with van der Waals surface area (Å²) in [6.07, 6.45) is 2.32. The van der Waals surface area contributed by atoms with Gasteiger partial charge in [0, 0.05) is 11.6 Å². The smallest absolute Gasteiger partial charge is 0.331 e. The van der Waals surface area contributed by atoms with E-state index in [2.05, 4.69) is 20.3 Å². The molecular weight excluding hydrogens is 309 g/mol. The van der Waals surface area contributed by atoms with Crippen molar-refractivity contribution < 1.29 is 18.7 Å². The Balaban J connectivity index is 2.10. The number of esters is 1. The Morgan fingerprint density at radius 2 is 2.23 bits per heavy atom. The van der Waals surface area contributed by atoms with Crippen LogP contribution in [0, 0.1) is 12.7 Å². The second-order valence-corrected chi connectivity index (χ2v) is 5.25. The number of hydrogen-bond acceptors (Lipinski definition) is 6. The zero-order chi connectivity index (χ0) is 16.1. The highest BCUT2D eigenvalue weighted by molar-refractivity contribution is 8.18. The van der Waals surface area contributed by atoms with Gasteiger partial charge in [0.1, 0.15) is 5.82 Å². The van der Waals surface area contributed by atoms with Crippen molar-refractivity contribution in [2.45, 2.75) is 6.92 Å². The molecule has 1 amide bonds. The Labute approximate surface area is 130 Å². The van der Waals surface area contributed by atoms with Gasteiger partial charge in [-0.2, -0.15) is 5.10 Å². The Morgan fingerprint density at radius 1 is 1.45 bits per heavy atom. The Kier molecular flexibility index (Phi) is 5.05. The van der Waals surface area contributed by atoms with Gasteiger partial charge in [0.25, 0.3) is 5.91 Å². The first-order valence-corrected chi connectivity index (χ1v) is 6.98. The van der Waals surface area contributed by atoms with E-state index in [4.69, 9.17) is 0 Å². The lowest BCUT2D eigenvalue weighted by Gasteiger charge is -1.98. The summed E-state index contributed by atoms with van der Waals surface area (Å²) in [5.74, 6) is -1.48. The molecule has 0 saturated carbocycles. The van der Waals surface area contributed by atoms with Crippen molar-refractivity contribution in [3.05, 3.63) is 46.1 Å². The molecule has 0 spiro atoms. The molecule has 1 fully saturated rings. The second kappa shape index (κ2) is 6.99. The average molecular weight is 321 g/mol. The molecule has 0 radical (unpaired) electrons. The van der Waals surface area contributed by atoms with Crippen LogP contribution in [0.4, 0.5) is 4.39 Å². The molecule has 1 aliphatic heterocycles. The largest absolute Gasteiger partial charge is 0.466 e. The molecule has 0 aliphatic carbocycles. The molecular formula is C14H12FN3O3S. The van der Waals surface area contributed by atoms with E-state index in [0.717, 1.165) is 17.8 Å². The maximum Gasteiger partial charge on any atom is 0.331 e. The third-order valence-corrected chi connectivity index (χ3v) is 3.57. The number of ether oxygens (including phenoxy) is 1. The third-order valence-electron chi connectivity index (χ3n) is 2.67. The SMILES string of the molecule is COC(=O)/C=C1/S/C(=N\N=Cc2cccc(C)c2F)NC1=O. The van der Waals surface area contributed by atoms with Gasteiger partial charge in [0.2, 0.25) is 0 Å². The van der Waals surface area contributed by atoms with Crippen LogP contribution in [-0.4, -0.2) is 30.4 Å². The first-order chi connectivity index (χ1) is 10.5. The minimum absolute atomic E-state index is 0.155. The number of nitrogens with zero attached hydrogens (tertiary/aromatic N) is 2. The number of hydrogen-bond donors (Lipinski definition) is 1. The Morgan fingerprint density at radius 3 is 2.95 bits per heavy atom. The fourth-order valence-electron chi connectivity index (χ4n) is 1.55. The molecule has 0 atom stereocenters. The topological polar surface area (TPSA) is 80.1 Å². The summed E-state index contributed by atoms with van der Waals surface area (Å²) in [4.78, 5) is 22.8. The summed E-state index contributed by atoms with van der Waals surface area (Å²) in [5.41, 5.74) is 0.799. The van der Waals surface area contributed by atoms with Crippen molar-refractivity contribution in [3.63, 3.8) is 0 Å². The van der Waals surface area contributed by atoms with Crippen molar-refractivity contribution in [2.24, 2.45) is 10.2 Å². The van der Waals surface area contributed by atoms with E-state index in [-0.39, 0.29) is 15.9 Å². The first kappa shape index (κ1) is 15.9. The fourth-order valence-corrected chi connectivity index (χ4v) is 2.29. The van der Waals surface area contributed by atoms with Gasteiger partial charge in [0.15, 0.2) is 5.17 Å². The van der Waals surface area contributed by atoms with Crippen molar-refractivity contribution in [1.82, 2.24) is 5.32 Å². The van der Waals surface area contributed by atoms with Crippen LogP contribution < -0.4 is 5.32 Å². The van der Waals surface area contributed by atoms with Gasteiger partial charge >= 0.3 is 5.97 Å². The fraction of sp³-hybridized carbons (Fsp3) is 0.143. The molecule has 1 aromatic rings. The van der Waals surface area contributed by atoms with Crippen LogP contribution in [0.25, 0.3) is 0 Å².